The highest BCUT2D eigenvalue weighted by molar-refractivity contribution is 8.00. The topological polar surface area (TPSA) is 96.0 Å². The van der Waals surface area contributed by atoms with Crippen molar-refractivity contribution in [1.29, 1.82) is 0 Å². The molecular weight excluding hydrogens is 346 g/mol. The van der Waals surface area contributed by atoms with E-state index in [-0.39, 0.29) is 37.4 Å². The third kappa shape index (κ3) is 3.75. The highest BCUT2D eigenvalue weighted by atomic mass is 32.2. The van der Waals surface area contributed by atoms with Gasteiger partial charge in [0.1, 0.15) is 0 Å². The van der Waals surface area contributed by atoms with Crippen LogP contribution in [-0.4, -0.2) is 63.4 Å². The zero-order valence-corrected chi connectivity index (χ0v) is 15.0. The number of amides is 4. The molecule has 9 heteroatoms. The number of hydrogen-bond donors (Lipinski definition) is 1. The quantitative estimate of drug-likeness (QED) is 0.409. The lowest BCUT2D eigenvalue weighted by molar-refractivity contribution is -0.197. The molecule has 3 aliphatic heterocycles. The number of nitrogens with zero attached hydrogens (tertiary/aromatic N) is 2. The third-order valence-corrected chi connectivity index (χ3v) is 6.37. The van der Waals surface area contributed by atoms with Crippen molar-refractivity contribution in [3.8, 4) is 0 Å². The number of likely N-dealkylation sites (N-methyl/N-ethyl adjacent to an activating group) is 1. The zero-order chi connectivity index (χ0) is 18.0. The highest BCUT2D eigenvalue weighted by Crippen LogP contribution is 2.37. The minimum Gasteiger partial charge on any atom is -0.332 e. The Kier molecular flexibility index (Phi) is 5.51. The molecule has 0 spiro atoms. The molecule has 0 bridgehead atoms. The predicted octanol–water partition coefficient (Wildman–Crippen LogP) is 1.05. The van der Waals surface area contributed by atoms with E-state index in [1.807, 2.05) is 23.6 Å². The molecule has 138 valence electrons. The molecule has 0 aromatic carbocycles. The monoisotopic (exact) mass is 369 g/mol. The molecule has 3 fully saturated rings. The van der Waals surface area contributed by atoms with E-state index < -0.39 is 17.8 Å². The first kappa shape index (κ1) is 18.0. The Bertz CT molecular complexity index is 568. The van der Waals surface area contributed by atoms with Gasteiger partial charge in [-0.1, -0.05) is 6.42 Å². The van der Waals surface area contributed by atoms with Crippen LogP contribution in [0.4, 0.5) is 4.79 Å². The lowest BCUT2D eigenvalue weighted by Gasteiger charge is -2.26. The van der Waals surface area contributed by atoms with Gasteiger partial charge >= 0.3 is 12.0 Å². The number of nitrogens with one attached hydrogen (secondary N) is 1. The van der Waals surface area contributed by atoms with Gasteiger partial charge in [0.2, 0.25) is 0 Å². The van der Waals surface area contributed by atoms with Crippen molar-refractivity contribution in [1.82, 2.24) is 15.3 Å². The molecule has 1 unspecified atom stereocenters. The lowest BCUT2D eigenvalue weighted by Crippen LogP contribution is -2.40. The molecule has 0 radical (unpaired) electrons. The van der Waals surface area contributed by atoms with Crippen molar-refractivity contribution in [2.75, 3.05) is 12.3 Å². The molecular formula is C16H23N3O5S. The van der Waals surface area contributed by atoms with Gasteiger partial charge in [-0.3, -0.25) is 9.59 Å². The maximum Gasteiger partial charge on any atom is 0.333 e. The van der Waals surface area contributed by atoms with Gasteiger partial charge < -0.3 is 15.1 Å². The first-order chi connectivity index (χ1) is 12.0. The minimum absolute atomic E-state index is 0.0197. The van der Waals surface area contributed by atoms with Crippen LogP contribution in [0, 0.1) is 0 Å². The average molecular weight is 369 g/mol. The van der Waals surface area contributed by atoms with Gasteiger partial charge in [-0.15, -0.1) is 5.06 Å². The Morgan fingerprint density at radius 1 is 1.24 bits per heavy atom. The van der Waals surface area contributed by atoms with Crippen LogP contribution in [0.3, 0.4) is 0 Å². The summed E-state index contributed by atoms with van der Waals surface area (Å²) in [6.07, 6.45) is 2.78. The van der Waals surface area contributed by atoms with Crippen LogP contribution in [0.15, 0.2) is 0 Å². The lowest BCUT2D eigenvalue weighted by atomic mass is 10.0. The summed E-state index contributed by atoms with van der Waals surface area (Å²) in [5.41, 5.74) is 0. The van der Waals surface area contributed by atoms with Crippen LogP contribution in [0.2, 0.25) is 0 Å². The number of fused-ring (bicyclic) bond motifs is 1. The molecule has 1 N–H and O–H groups in total. The van der Waals surface area contributed by atoms with E-state index >= 15 is 0 Å². The largest absolute Gasteiger partial charge is 0.333 e. The second-order valence-electron chi connectivity index (χ2n) is 6.50. The Balaban J connectivity index is 1.38. The maximum absolute atomic E-state index is 11.9. The average Bonchev–Trinajstić information content (AvgIpc) is 3.21. The number of hydrogen-bond acceptors (Lipinski definition) is 6. The van der Waals surface area contributed by atoms with Gasteiger partial charge in [-0.05, 0) is 19.8 Å². The van der Waals surface area contributed by atoms with Crippen LogP contribution in [0.5, 0.6) is 0 Å². The number of rotatable bonds is 7. The molecule has 0 aromatic heterocycles. The zero-order valence-electron chi connectivity index (χ0n) is 14.2. The Morgan fingerprint density at radius 3 is 2.64 bits per heavy atom. The molecule has 4 amide bonds. The fourth-order valence-electron chi connectivity index (χ4n) is 3.63. The van der Waals surface area contributed by atoms with E-state index in [0.717, 1.165) is 18.6 Å². The summed E-state index contributed by atoms with van der Waals surface area (Å²) in [6.45, 7) is 2.69. The Labute approximate surface area is 150 Å². The van der Waals surface area contributed by atoms with Crippen molar-refractivity contribution in [3.63, 3.8) is 0 Å². The van der Waals surface area contributed by atoms with Gasteiger partial charge in [-0.25, -0.2) is 9.59 Å². The van der Waals surface area contributed by atoms with Crippen molar-refractivity contribution in [3.05, 3.63) is 0 Å². The number of thioether (sulfide) groups is 1. The normalized spacial score (nSPS) is 28.5. The number of carbonyl (C=O) groups is 4. The molecule has 25 heavy (non-hydrogen) atoms. The Morgan fingerprint density at radius 2 is 1.96 bits per heavy atom. The number of unbranched alkanes of at least 4 members (excludes halogenated alkanes) is 1. The third-order valence-electron chi connectivity index (χ3n) is 4.87. The van der Waals surface area contributed by atoms with Crippen LogP contribution in [-0.2, 0) is 19.2 Å². The van der Waals surface area contributed by atoms with Crippen LogP contribution in [0.1, 0.15) is 45.4 Å². The van der Waals surface area contributed by atoms with E-state index in [1.165, 1.54) is 0 Å². The van der Waals surface area contributed by atoms with Gasteiger partial charge in [0.15, 0.2) is 0 Å². The summed E-state index contributed by atoms with van der Waals surface area (Å²) >= 11 is 1.87. The summed E-state index contributed by atoms with van der Waals surface area (Å²) in [7, 11) is 0. The summed E-state index contributed by atoms with van der Waals surface area (Å²) in [4.78, 5) is 53.2. The number of carbonyl (C=O) groups excluding carboxylic acids is 4. The molecule has 3 heterocycles. The smallest absolute Gasteiger partial charge is 0.332 e. The van der Waals surface area contributed by atoms with Gasteiger partial charge in [0, 0.05) is 36.8 Å². The molecule has 8 nitrogen and oxygen atoms in total. The molecule has 3 rings (SSSR count). The first-order valence-electron chi connectivity index (χ1n) is 8.76. The van der Waals surface area contributed by atoms with Crippen LogP contribution < -0.4 is 5.32 Å². The van der Waals surface area contributed by atoms with Crippen LogP contribution in [0.25, 0.3) is 0 Å². The second kappa shape index (κ2) is 7.63. The molecule has 3 atom stereocenters. The number of hydroxylamine groups is 2. The summed E-state index contributed by atoms with van der Waals surface area (Å²) in [5, 5.41) is 4.00. The van der Waals surface area contributed by atoms with E-state index in [0.29, 0.717) is 23.3 Å². The number of urea groups is 1. The Hall–Kier alpha value is -1.77. The fraction of sp³-hybridized carbons (Fsp3) is 0.750. The highest BCUT2D eigenvalue weighted by Gasteiger charge is 2.47. The summed E-state index contributed by atoms with van der Waals surface area (Å²) in [5.74, 6) is -0.526. The van der Waals surface area contributed by atoms with E-state index in [1.54, 1.807) is 0 Å². The molecule has 0 aromatic rings. The van der Waals surface area contributed by atoms with Gasteiger partial charge in [0.05, 0.1) is 12.1 Å². The number of imide groups is 1. The van der Waals surface area contributed by atoms with E-state index in [9.17, 15) is 19.2 Å². The molecule has 0 aliphatic carbocycles. The van der Waals surface area contributed by atoms with Crippen molar-refractivity contribution in [2.24, 2.45) is 0 Å². The maximum atomic E-state index is 11.9. The summed E-state index contributed by atoms with van der Waals surface area (Å²) in [6, 6.07) is 0.472. The van der Waals surface area contributed by atoms with Crippen molar-refractivity contribution < 1.29 is 24.0 Å². The summed E-state index contributed by atoms with van der Waals surface area (Å²) < 4.78 is 0. The standard InChI is InChI=1S/C16H23N3O5S/c1-2-18-15-10(17-16(18)23)9-25-11(15)5-3-4-6-14(22)24-19-12(20)7-8-13(19)21/h10-11,15H,2-9H2,1H3,(H,17,23)/t10?,11-,15-/m0/s1. The minimum atomic E-state index is -0.548. The molecule has 0 saturated carbocycles. The SMILES string of the molecule is CCN1C(=O)NC2CS[C@@H](CCCCC(=O)ON3C(=O)CCC3=O)[C@H]21. The first-order valence-corrected chi connectivity index (χ1v) is 9.81. The van der Waals surface area contributed by atoms with Gasteiger partial charge in [0.25, 0.3) is 11.8 Å². The van der Waals surface area contributed by atoms with E-state index in [4.69, 9.17) is 4.84 Å². The van der Waals surface area contributed by atoms with Crippen molar-refractivity contribution in [2.45, 2.75) is 62.8 Å². The molecule has 3 aliphatic rings. The van der Waals surface area contributed by atoms with Gasteiger partial charge in [-0.2, -0.15) is 11.8 Å². The van der Waals surface area contributed by atoms with Crippen molar-refractivity contribution >= 4 is 35.6 Å². The van der Waals surface area contributed by atoms with Crippen LogP contribution >= 0.6 is 11.8 Å². The fourth-order valence-corrected chi connectivity index (χ4v) is 5.24. The molecule has 3 saturated heterocycles. The second-order valence-corrected chi connectivity index (χ2v) is 7.77. The van der Waals surface area contributed by atoms with E-state index in [2.05, 4.69) is 5.32 Å². The predicted molar refractivity (Wildman–Crippen MR) is 90.4 cm³/mol.